The van der Waals surface area contributed by atoms with Gasteiger partial charge in [-0.1, -0.05) is 13.8 Å². The predicted molar refractivity (Wildman–Crippen MR) is 96.5 cm³/mol. The molecule has 0 atom stereocenters. The number of hydrogen-bond donors (Lipinski definition) is 2. The van der Waals surface area contributed by atoms with Gasteiger partial charge in [-0.2, -0.15) is 0 Å². The topological polar surface area (TPSA) is 67.0 Å². The van der Waals surface area contributed by atoms with Crippen LogP contribution in [0.15, 0.2) is 23.0 Å². The molecule has 1 aliphatic rings. The number of quaternary nitrogens is 1. The van der Waals surface area contributed by atoms with Crippen molar-refractivity contribution in [2.24, 2.45) is 5.92 Å². The van der Waals surface area contributed by atoms with Crippen LogP contribution in [0.25, 0.3) is 0 Å². The van der Waals surface area contributed by atoms with Crippen molar-refractivity contribution in [1.29, 1.82) is 0 Å². The van der Waals surface area contributed by atoms with Gasteiger partial charge in [0.2, 0.25) is 5.91 Å². The molecule has 0 aliphatic carbocycles. The average Bonchev–Trinajstić information content (AvgIpc) is 3.13. The molecule has 1 fully saturated rings. The van der Waals surface area contributed by atoms with Crippen LogP contribution in [-0.4, -0.2) is 56.0 Å². The maximum Gasteiger partial charge on any atom is 0.257 e. The van der Waals surface area contributed by atoms with Gasteiger partial charge in [0.15, 0.2) is 0 Å². The molecule has 140 valence electrons. The molecule has 1 aromatic heterocycles. The molecule has 6 heteroatoms. The lowest BCUT2D eigenvalue weighted by Gasteiger charge is -2.25. The Labute approximate surface area is 150 Å². The monoisotopic (exact) mass is 350 g/mol. The molecule has 1 aliphatic heterocycles. The van der Waals surface area contributed by atoms with E-state index in [9.17, 15) is 9.59 Å². The highest BCUT2D eigenvalue weighted by Gasteiger charge is 2.19. The summed E-state index contributed by atoms with van der Waals surface area (Å²) in [6, 6.07) is 1.66. The minimum atomic E-state index is -0.0759. The van der Waals surface area contributed by atoms with E-state index in [1.165, 1.54) is 44.9 Å². The van der Waals surface area contributed by atoms with Crippen molar-refractivity contribution < 1.29 is 18.9 Å². The second-order valence-corrected chi connectivity index (χ2v) is 7.32. The fraction of sp³-hybridized carbons (Fsp3) is 0.684. The van der Waals surface area contributed by atoms with Crippen LogP contribution < -0.4 is 10.2 Å². The van der Waals surface area contributed by atoms with Crippen molar-refractivity contribution >= 4 is 11.8 Å². The van der Waals surface area contributed by atoms with Gasteiger partial charge in [-0.15, -0.1) is 0 Å². The number of piperidine rings is 1. The van der Waals surface area contributed by atoms with Gasteiger partial charge in [-0.05, 0) is 31.2 Å². The third kappa shape index (κ3) is 6.90. The third-order valence-corrected chi connectivity index (χ3v) is 4.61. The Hall–Kier alpha value is -1.82. The minimum Gasteiger partial charge on any atom is -0.472 e. The first-order valence-electron chi connectivity index (χ1n) is 9.48. The number of nitrogens with one attached hydrogen (secondary N) is 2. The Morgan fingerprint density at radius 3 is 2.68 bits per heavy atom. The van der Waals surface area contributed by atoms with Crippen LogP contribution in [-0.2, 0) is 4.79 Å². The van der Waals surface area contributed by atoms with E-state index >= 15 is 0 Å². The maximum atomic E-state index is 12.5. The zero-order valence-corrected chi connectivity index (χ0v) is 15.6. The van der Waals surface area contributed by atoms with Gasteiger partial charge in [0.05, 0.1) is 38.0 Å². The number of nitrogens with zero attached hydrogens (tertiary/aromatic N) is 1. The Bertz CT molecular complexity index is 522. The second kappa shape index (κ2) is 10.2. The highest BCUT2D eigenvalue weighted by atomic mass is 16.3. The van der Waals surface area contributed by atoms with Gasteiger partial charge in [-0.25, -0.2) is 0 Å². The Kier molecular flexibility index (Phi) is 7.98. The van der Waals surface area contributed by atoms with Crippen LogP contribution in [0.4, 0.5) is 0 Å². The summed E-state index contributed by atoms with van der Waals surface area (Å²) < 4.78 is 5.00. The molecule has 0 saturated carbocycles. The first-order valence-corrected chi connectivity index (χ1v) is 9.48. The van der Waals surface area contributed by atoms with Crippen LogP contribution in [0.1, 0.15) is 49.9 Å². The Balaban J connectivity index is 1.73. The van der Waals surface area contributed by atoms with Crippen molar-refractivity contribution in [2.45, 2.75) is 39.5 Å². The lowest BCUT2D eigenvalue weighted by molar-refractivity contribution is -0.903. The van der Waals surface area contributed by atoms with Gasteiger partial charge < -0.3 is 19.5 Å². The van der Waals surface area contributed by atoms with E-state index in [0.717, 1.165) is 6.54 Å². The molecule has 6 nitrogen and oxygen atoms in total. The average molecular weight is 350 g/mol. The van der Waals surface area contributed by atoms with Crippen molar-refractivity contribution in [3.63, 3.8) is 0 Å². The molecule has 0 aromatic carbocycles. The molecular weight excluding hydrogens is 318 g/mol. The largest absolute Gasteiger partial charge is 0.472 e. The van der Waals surface area contributed by atoms with E-state index < -0.39 is 0 Å². The lowest BCUT2D eigenvalue weighted by atomic mass is 10.1. The standard InChI is InChI=1S/C19H31N3O3/c1-16(2)14-22(19(24)17-7-13-25-15-17)11-6-18(23)20-8-12-21-9-4-3-5-10-21/h7,13,15-16H,3-6,8-12,14H2,1-2H3,(H,20,23)/p+1. The third-order valence-electron chi connectivity index (χ3n) is 4.61. The van der Waals surface area contributed by atoms with Crippen molar-refractivity contribution in [3.05, 3.63) is 24.2 Å². The fourth-order valence-corrected chi connectivity index (χ4v) is 3.29. The van der Waals surface area contributed by atoms with Gasteiger partial charge in [0.25, 0.3) is 5.91 Å². The zero-order chi connectivity index (χ0) is 18.1. The molecule has 2 heterocycles. The van der Waals surface area contributed by atoms with Crippen LogP contribution in [0.2, 0.25) is 0 Å². The zero-order valence-electron chi connectivity index (χ0n) is 15.6. The molecule has 0 unspecified atom stereocenters. The normalized spacial score (nSPS) is 15.3. The SMILES string of the molecule is CC(C)CN(CCC(=O)NCC[NH+]1CCCCC1)C(=O)c1ccoc1. The second-order valence-electron chi connectivity index (χ2n) is 7.32. The number of carbonyl (C=O) groups excluding carboxylic acids is 2. The highest BCUT2D eigenvalue weighted by Crippen LogP contribution is 2.09. The minimum absolute atomic E-state index is 0.0187. The molecule has 2 rings (SSSR count). The molecule has 1 saturated heterocycles. The van der Waals surface area contributed by atoms with Crippen LogP contribution in [0.5, 0.6) is 0 Å². The van der Waals surface area contributed by atoms with Crippen LogP contribution >= 0.6 is 0 Å². The quantitative estimate of drug-likeness (QED) is 0.697. The van der Waals surface area contributed by atoms with E-state index in [1.54, 1.807) is 15.9 Å². The number of hydrogen-bond acceptors (Lipinski definition) is 3. The van der Waals surface area contributed by atoms with Gasteiger partial charge in [0, 0.05) is 19.5 Å². The number of likely N-dealkylation sites (tertiary alicyclic amines) is 1. The number of carbonyl (C=O) groups is 2. The smallest absolute Gasteiger partial charge is 0.257 e. The molecule has 2 amide bonds. The number of amides is 2. The lowest BCUT2D eigenvalue weighted by Crippen LogP contribution is -3.13. The van der Waals surface area contributed by atoms with Crippen molar-refractivity contribution in [2.75, 3.05) is 39.3 Å². The molecule has 25 heavy (non-hydrogen) atoms. The first kappa shape index (κ1) is 19.5. The first-order chi connectivity index (χ1) is 12.1. The summed E-state index contributed by atoms with van der Waals surface area (Å²) in [4.78, 5) is 27.9. The Morgan fingerprint density at radius 2 is 2.04 bits per heavy atom. The van der Waals surface area contributed by atoms with Crippen molar-refractivity contribution in [3.8, 4) is 0 Å². The number of rotatable bonds is 9. The summed E-state index contributed by atoms with van der Waals surface area (Å²) in [6.07, 6.45) is 7.22. The summed E-state index contributed by atoms with van der Waals surface area (Å²) in [5.74, 6) is 0.291. The summed E-state index contributed by atoms with van der Waals surface area (Å²) in [5, 5.41) is 3.00. The van der Waals surface area contributed by atoms with E-state index in [4.69, 9.17) is 4.42 Å². The molecule has 0 radical (unpaired) electrons. The number of furan rings is 1. The summed E-state index contributed by atoms with van der Waals surface area (Å²) in [6.45, 7) is 9.35. The van der Waals surface area contributed by atoms with E-state index in [1.807, 2.05) is 0 Å². The van der Waals surface area contributed by atoms with E-state index in [2.05, 4.69) is 19.2 Å². The highest BCUT2D eigenvalue weighted by molar-refractivity contribution is 5.94. The molecule has 0 bridgehead atoms. The predicted octanol–water partition coefficient (Wildman–Crippen LogP) is 0.953. The Morgan fingerprint density at radius 1 is 1.28 bits per heavy atom. The molecule has 2 N–H and O–H groups in total. The van der Waals surface area contributed by atoms with E-state index in [0.29, 0.717) is 37.5 Å². The van der Waals surface area contributed by atoms with Gasteiger partial charge >= 0.3 is 0 Å². The summed E-state index contributed by atoms with van der Waals surface area (Å²) in [7, 11) is 0. The molecule has 0 spiro atoms. The molecular formula is C19H32N3O3+. The maximum absolute atomic E-state index is 12.5. The van der Waals surface area contributed by atoms with E-state index in [-0.39, 0.29) is 11.8 Å². The van der Waals surface area contributed by atoms with Crippen LogP contribution in [0, 0.1) is 5.92 Å². The summed E-state index contributed by atoms with van der Waals surface area (Å²) in [5.41, 5.74) is 0.537. The van der Waals surface area contributed by atoms with Gasteiger partial charge in [-0.3, -0.25) is 9.59 Å². The van der Waals surface area contributed by atoms with Crippen molar-refractivity contribution in [1.82, 2.24) is 10.2 Å². The molecule has 1 aromatic rings. The van der Waals surface area contributed by atoms with Crippen LogP contribution in [0.3, 0.4) is 0 Å². The van der Waals surface area contributed by atoms with Gasteiger partial charge in [0.1, 0.15) is 6.26 Å². The summed E-state index contributed by atoms with van der Waals surface area (Å²) >= 11 is 0. The fourth-order valence-electron chi connectivity index (χ4n) is 3.29.